The summed E-state index contributed by atoms with van der Waals surface area (Å²) < 4.78 is 0. The molecule has 102 valence electrons. The highest BCUT2D eigenvalue weighted by molar-refractivity contribution is 7.11. The first kappa shape index (κ1) is 12.9. The molecule has 0 radical (unpaired) electrons. The van der Waals surface area contributed by atoms with E-state index in [-0.39, 0.29) is 0 Å². The van der Waals surface area contributed by atoms with Gasteiger partial charge in [0.15, 0.2) is 0 Å². The first-order valence-electron chi connectivity index (χ1n) is 6.50. The van der Waals surface area contributed by atoms with Crippen LogP contribution in [0.4, 0.5) is 11.8 Å². The van der Waals surface area contributed by atoms with Crippen LogP contribution in [-0.2, 0) is 6.54 Å². The second-order valence-corrected chi connectivity index (χ2v) is 5.90. The first-order valence-corrected chi connectivity index (χ1v) is 7.31. The van der Waals surface area contributed by atoms with E-state index in [4.69, 9.17) is 0 Å². The van der Waals surface area contributed by atoms with E-state index in [1.807, 2.05) is 31.3 Å². The van der Waals surface area contributed by atoms with Gasteiger partial charge in [0.05, 0.1) is 12.1 Å². The van der Waals surface area contributed by atoms with Gasteiger partial charge in [0.1, 0.15) is 5.82 Å². The van der Waals surface area contributed by atoms with Crippen molar-refractivity contribution in [3.05, 3.63) is 46.2 Å². The summed E-state index contributed by atoms with van der Waals surface area (Å²) in [5.41, 5.74) is 0.941. The molecule has 0 aliphatic heterocycles. The van der Waals surface area contributed by atoms with Gasteiger partial charge in [-0.25, -0.2) is 4.98 Å². The zero-order valence-corrected chi connectivity index (χ0v) is 12.3. The fraction of sp³-hybridized carbons (Fsp3) is 0.200. The monoisotopic (exact) mass is 284 g/mol. The lowest BCUT2D eigenvalue weighted by Crippen LogP contribution is -2.04. The van der Waals surface area contributed by atoms with Crippen LogP contribution in [0.5, 0.6) is 0 Å². The van der Waals surface area contributed by atoms with Crippen molar-refractivity contribution in [2.75, 3.05) is 17.7 Å². The van der Waals surface area contributed by atoms with E-state index in [0.29, 0.717) is 5.95 Å². The van der Waals surface area contributed by atoms with Crippen LogP contribution in [0.15, 0.2) is 36.4 Å². The minimum atomic E-state index is 0.633. The molecule has 0 fully saturated rings. The van der Waals surface area contributed by atoms with Crippen molar-refractivity contribution in [1.82, 2.24) is 9.97 Å². The molecule has 2 heterocycles. The molecule has 0 amide bonds. The van der Waals surface area contributed by atoms with Crippen molar-refractivity contribution < 1.29 is 0 Å². The van der Waals surface area contributed by atoms with Gasteiger partial charge in [0, 0.05) is 22.2 Å². The van der Waals surface area contributed by atoms with Gasteiger partial charge in [-0.1, -0.05) is 12.1 Å². The highest BCUT2D eigenvalue weighted by atomic mass is 32.1. The number of nitrogens with one attached hydrogen (secondary N) is 2. The Morgan fingerprint density at radius 2 is 1.95 bits per heavy atom. The average molecular weight is 284 g/mol. The third-order valence-corrected chi connectivity index (χ3v) is 4.05. The second kappa shape index (κ2) is 5.46. The van der Waals surface area contributed by atoms with Gasteiger partial charge in [-0.3, -0.25) is 0 Å². The number of nitrogens with zero attached hydrogens (tertiary/aromatic N) is 2. The SMILES string of the molecule is CNc1nc(NCc2ccc(C)s2)c2ccccc2n1. The molecule has 5 heteroatoms. The van der Waals surface area contributed by atoms with Crippen molar-refractivity contribution in [1.29, 1.82) is 0 Å². The summed E-state index contributed by atoms with van der Waals surface area (Å²) >= 11 is 1.80. The number of rotatable bonds is 4. The van der Waals surface area contributed by atoms with E-state index in [1.54, 1.807) is 11.3 Å². The molecule has 0 spiro atoms. The Bertz CT molecular complexity index is 736. The van der Waals surface area contributed by atoms with Crippen LogP contribution in [0.25, 0.3) is 10.9 Å². The van der Waals surface area contributed by atoms with Crippen LogP contribution in [0.1, 0.15) is 9.75 Å². The van der Waals surface area contributed by atoms with Crippen LogP contribution < -0.4 is 10.6 Å². The van der Waals surface area contributed by atoms with Gasteiger partial charge in [-0.15, -0.1) is 11.3 Å². The molecule has 0 bridgehead atoms. The van der Waals surface area contributed by atoms with E-state index >= 15 is 0 Å². The number of anilines is 2. The van der Waals surface area contributed by atoms with Gasteiger partial charge in [0.2, 0.25) is 5.95 Å². The Balaban J connectivity index is 1.93. The van der Waals surface area contributed by atoms with Crippen LogP contribution in [-0.4, -0.2) is 17.0 Å². The number of hydrogen-bond acceptors (Lipinski definition) is 5. The maximum absolute atomic E-state index is 4.51. The highest BCUT2D eigenvalue weighted by Crippen LogP contribution is 2.23. The molecule has 0 saturated heterocycles. The zero-order valence-electron chi connectivity index (χ0n) is 11.5. The third-order valence-electron chi connectivity index (χ3n) is 3.05. The summed E-state index contributed by atoms with van der Waals surface area (Å²) in [5.74, 6) is 1.50. The quantitative estimate of drug-likeness (QED) is 0.767. The number of aryl methyl sites for hydroxylation is 1. The zero-order chi connectivity index (χ0) is 13.9. The van der Waals surface area contributed by atoms with Gasteiger partial charge < -0.3 is 10.6 Å². The van der Waals surface area contributed by atoms with Crippen LogP contribution in [0, 0.1) is 6.92 Å². The summed E-state index contributed by atoms with van der Waals surface area (Å²) in [6.07, 6.45) is 0. The van der Waals surface area contributed by atoms with Crippen molar-refractivity contribution in [2.45, 2.75) is 13.5 Å². The van der Waals surface area contributed by atoms with E-state index < -0.39 is 0 Å². The molecule has 0 saturated carbocycles. The largest absolute Gasteiger partial charge is 0.364 e. The Morgan fingerprint density at radius 1 is 1.10 bits per heavy atom. The second-order valence-electron chi connectivity index (χ2n) is 4.53. The highest BCUT2D eigenvalue weighted by Gasteiger charge is 2.06. The maximum Gasteiger partial charge on any atom is 0.224 e. The number of hydrogen-bond donors (Lipinski definition) is 2. The molecule has 4 nitrogen and oxygen atoms in total. The molecule has 3 aromatic rings. The van der Waals surface area contributed by atoms with E-state index in [0.717, 1.165) is 23.3 Å². The third kappa shape index (κ3) is 2.58. The number of aromatic nitrogens is 2. The molecule has 0 unspecified atom stereocenters. The predicted octanol–water partition coefficient (Wildman–Crippen LogP) is 3.65. The topological polar surface area (TPSA) is 49.8 Å². The van der Waals surface area contributed by atoms with Crippen molar-refractivity contribution >= 4 is 34.0 Å². The van der Waals surface area contributed by atoms with Gasteiger partial charge in [0.25, 0.3) is 0 Å². The van der Waals surface area contributed by atoms with E-state index in [1.165, 1.54) is 9.75 Å². The molecule has 0 atom stereocenters. The number of thiophene rings is 1. The molecule has 1 aromatic carbocycles. The number of para-hydroxylation sites is 1. The minimum Gasteiger partial charge on any atom is -0.364 e. The fourth-order valence-corrected chi connectivity index (χ4v) is 2.90. The van der Waals surface area contributed by atoms with E-state index in [2.05, 4.69) is 39.7 Å². The lowest BCUT2D eigenvalue weighted by molar-refractivity contribution is 1.12. The van der Waals surface area contributed by atoms with Crippen LogP contribution >= 0.6 is 11.3 Å². The lowest BCUT2D eigenvalue weighted by atomic mass is 10.2. The summed E-state index contributed by atoms with van der Waals surface area (Å²) in [4.78, 5) is 11.6. The smallest absolute Gasteiger partial charge is 0.224 e. The summed E-state index contributed by atoms with van der Waals surface area (Å²) in [5, 5.41) is 7.45. The Hall–Kier alpha value is -2.14. The Labute approximate surface area is 121 Å². The average Bonchev–Trinajstić information content (AvgIpc) is 2.90. The number of benzene rings is 1. The first-order chi connectivity index (χ1) is 9.76. The molecule has 3 rings (SSSR count). The van der Waals surface area contributed by atoms with Crippen LogP contribution in [0.2, 0.25) is 0 Å². The lowest BCUT2D eigenvalue weighted by Gasteiger charge is -2.09. The standard InChI is InChI=1S/C15H16N4S/c1-10-7-8-11(20-10)9-17-14-12-5-3-4-6-13(12)18-15(16-2)19-14/h3-8H,9H2,1-2H3,(H2,16,17,18,19). The molecule has 0 aliphatic carbocycles. The molecule has 0 aliphatic rings. The molecule has 2 N–H and O–H groups in total. The van der Waals surface area contributed by atoms with Gasteiger partial charge in [-0.2, -0.15) is 4.98 Å². The Kier molecular flexibility index (Phi) is 3.52. The maximum atomic E-state index is 4.51. The van der Waals surface area contributed by atoms with Crippen LogP contribution in [0.3, 0.4) is 0 Å². The fourth-order valence-electron chi connectivity index (χ4n) is 2.07. The molecule has 20 heavy (non-hydrogen) atoms. The Morgan fingerprint density at radius 3 is 2.70 bits per heavy atom. The van der Waals surface area contributed by atoms with E-state index in [9.17, 15) is 0 Å². The van der Waals surface area contributed by atoms with Crippen molar-refractivity contribution in [3.8, 4) is 0 Å². The number of fused-ring (bicyclic) bond motifs is 1. The normalized spacial score (nSPS) is 10.7. The predicted molar refractivity (Wildman–Crippen MR) is 85.5 cm³/mol. The van der Waals surface area contributed by atoms with Gasteiger partial charge >= 0.3 is 0 Å². The summed E-state index contributed by atoms with van der Waals surface area (Å²) in [6, 6.07) is 12.3. The molecular weight excluding hydrogens is 268 g/mol. The summed E-state index contributed by atoms with van der Waals surface area (Å²) in [7, 11) is 1.83. The van der Waals surface area contributed by atoms with Crippen molar-refractivity contribution in [2.24, 2.45) is 0 Å². The summed E-state index contributed by atoms with van der Waals surface area (Å²) in [6.45, 7) is 2.90. The minimum absolute atomic E-state index is 0.633. The molecule has 2 aromatic heterocycles. The van der Waals surface area contributed by atoms with Crippen molar-refractivity contribution in [3.63, 3.8) is 0 Å². The molecular formula is C15H16N4S. The van der Waals surface area contributed by atoms with Gasteiger partial charge in [-0.05, 0) is 31.2 Å².